The van der Waals surface area contributed by atoms with Gasteiger partial charge in [0.2, 0.25) is 5.76 Å². The van der Waals surface area contributed by atoms with Crippen molar-refractivity contribution in [1.82, 2.24) is 10.4 Å². The smallest absolute Gasteiger partial charge is 0.379 e. The average Bonchev–Trinajstić information content (AvgIpc) is 3.60. The summed E-state index contributed by atoms with van der Waals surface area (Å²) in [4.78, 5) is 29.1. The highest BCUT2D eigenvalue weighted by molar-refractivity contribution is 9.11. The number of hydrogen-bond donors (Lipinski definition) is 2. The minimum Gasteiger partial charge on any atom is -0.494 e. The first-order valence-corrected chi connectivity index (χ1v) is 13.4. The van der Waals surface area contributed by atoms with Crippen LogP contribution in [0.2, 0.25) is 0 Å². The van der Waals surface area contributed by atoms with Gasteiger partial charge in [0.1, 0.15) is 11.4 Å². The third-order valence-electron chi connectivity index (χ3n) is 5.69. The molecule has 0 bridgehead atoms. The Morgan fingerprint density at radius 3 is 2.62 bits per heavy atom. The lowest BCUT2D eigenvalue weighted by Crippen LogP contribution is -2.19. The highest BCUT2D eigenvalue weighted by atomic mass is 79.9. The first-order chi connectivity index (χ1) is 18.9. The molecule has 0 atom stereocenters. The van der Waals surface area contributed by atoms with Gasteiger partial charge >= 0.3 is 5.97 Å². The number of nitrogens with zero attached hydrogens (tertiary/aromatic N) is 1. The molecule has 2 heterocycles. The van der Waals surface area contributed by atoms with E-state index in [9.17, 15) is 9.59 Å². The number of rotatable bonds is 8. The standard InChI is InChI=1S/C29H21Br2N3O5/c1-2-37-20-10-11-23-21(15-20)25(17-7-4-3-5-8-17)26(33-23)28(35)34-32-16-18-13-19(30)14-22(31)27(18)39-29(36)24-9-6-12-38-24/h3-16,33H,2H2,1H3,(H,34,35). The van der Waals surface area contributed by atoms with Crippen molar-refractivity contribution in [3.63, 3.8) is 0 Å². The van der Waals surface area contributed by atoms with Gasteiger partial charge in [-0.15, -0.1) is 0 Å². The number of aromatic nitrogens is 1. The van der Waals surface area contributed by atoms with E-state index in [0.29, 0.717) is 32.6 Å². The van der Waals surface area contributed by atoms with Gasteiger partial charge in [0.25, 0.3) is 5.91 Å². The fraction of sp³-hybridized carbons (Fsp3) is 0.0690. The molecule has 0 radical (unpaired) electrons. The summed E-state index contributed by atoms with van der Waals surface area (Å²) in [7, 11) is 0. The van der Waals surface area contributed by atoms with Crippen LogP contribution in [0.15, 0.2) is 97.5 Å². The molecule has 0 saturated carbocycles. The highest BCUT2D eigenvalue weighted by Gasteiger charge is 2.20. The van der Waals surface area contributed by atoms with Crippen molar-refractivity contribution in [2.24, 2.45) is 5.10 Å². The van der Waals surface area contributed by atoms with Crippen LogP contribution in [0.5, 0.6) is 11.5 Å². The van der Waals surface area contributed by atoms with Crippen LogP contribution in [-0.2, 0) is 0 Å². The average molecular weight is 651 g/mol. The van der Waals surface area contributed by atoms with Crippen LogP contribution < -0.4 is 14.9 Å². The maximum absolute atomic E-state index is 13.4. The maximum atomic E-state index is 13.4. The first kappa shape index (κ1) is 26.5. The SMILES string of the molecule is CCOc1ccc2[nH]c(C(=O)NN=Cc3cc(Br)cc(Br)c3OC(=O)c3ccco3)c(-c3ccccc3)c2c1. The Hall–Kier alpha value is -4.15. The number of halogens is 2. The Labute approximate surface area is 240 Å². The van der Waals surface area contributed by atoms with Crippen molar-refractivity contribution < 1.29 is 23.5 Å². The Kier molecular flexibility index (Phi) is 7.94. The fourth-order valence-electron chi connectivity index (χ4n) is 4.04. The summed E-state index contributed by atoms with van der Waals surface area (Å²) in [5.74, 6) is -0.124. The van der Waals surface area contributed by atoms with Gasteiger partial charge in [0, 0.05) is 26.5 Å². The molecule has 10 heteroatoms. The number of furan rings is 1. The molecule has 2 aromatic heterocycles. The van der Waals surface area contributed by atoms with Crippen molar-refractivity contribution in [3.05, 3.63) is 105 Å². The van der Waals surface area contributed by atoms with Crippen LogP contribution >= 0.6 is 31.9 Å². The lowest BCUT2D eigenvalue weighted by Gasteiger charge is -2.09. The van der Waals surface area contributed by atoms with Crippen molar-refractivity contribution in [2.45, 2.75) is 6.92 Å². The fourth-order valence-corrected chi connectivity index (χ4v) is 5.38. The molecule has 5 aromatic rings. The zero-order valence-electron chi connectivity index (χ0n) is 20.5. The second-order valence-corrected chi connectivity index (χ2v) is 10.0. The molecular weight excluding hydrogens is 630 g/mol. The number of fused-ring (bicyclic) bond motifs is 1. The topological polar surface area (TPSA) is 106 Å². The third-order valence-corrected chi connectivity index (χ3v) is 6.74. The molecule has 2 N–H and O–H groups in total. The number of carbonyl (C=O) groups excluding carboxylic acids is 2. The monoisotopic (exact) mass is 649 g/mol. The molecule has 0 spiro atoms. The summed E-state index contributed by atoms with van der Waals surface area (Å²) in [5.41, 5.74) is 5.77. The van der Waals surface area contributed by atoms with Gasteiger partial charge in [0.05, 0.1) is 23.6 Å². The zero-order chi connectivity index (χ0) is 27.4. The summed E-state index contributed by atoms with van der Waals surface area (Å²) in [6, 6.07) is 21.8. The summed E-state index contributed by atoms with van der Waals surface area (Å²) in [6.45, 7) is 2.45. The molecule has 8 nitrogen and oxygen atoms in total. The predicted molar refractivity (Wildman–Crippen MR) is 155 cm³/mol. The molecule has 0 saturated heterocycles. The van der Waals surface area contributed by atoms with Crippen molar-refractivity contribution in [2.75, 3.05) is 6.61 Å². The van der Waals surface area contributed by atoms with E-state index in [1.807, 2.05) is 55.5 Å². The van der Waals surface area contributed by atoms with E-state index >= 15 is 0 Å². The molecule has 0 aliphatic carbocycles. The van der Waals surface area contributed by atoms with E-state index in [1.54, 1.807) is 18.2 Å². The summed E-state index contributed by atoms with van der Waals surface area (Å²) in [5, 5.41) is 5.01. The van der Waals surface area contributed by atoms with Crippen LogP contribution in [0, 0.1) is 0 Å². The largest absolute Gasteiger partial charge is 0.494 e. The number of carbonyl (C=O) groups is 2. The van der Waals surface area contributed by atoms with E-state index in [4.69, 9.17) is 13.9 Å². The van der Waals surface area contributed by atoms with Gasteiger partial charge in [0.15, 0.2) is 5.75 Å². The number of H-pyrrole nitrogens is 1. The molecule has 0 unspecified atom stereocenters. The molecule has 39 heavy (non-hydrogen) atoms. The predicted octanol–water partition coefficient (Wildman–Crippen LogP) is 7.33. The van der Waals surface area contributed by atoms with Gasteiger partial charge in [-0.3, -0.25) is 4.79 Å². The number of ether oxygens (including phenoxy) is 2. The normalized spacial score (nSPS) is 11.2. The number of nitrogens with one attached hydrogen (secondary N) is 2. The Bertz CT molecular complexity index is 1680. The van der Waals surface area contributed by atoms with Gasteiger partial charge in [-0.2, -0.15) is 5.10 Å². The number of hydrazone groups is 1. The van der Waals surface area contributed by atoms with E-state index in [0.717, 1.165) is 22.0 Å². The Morgan fingerprint density at radius 2 is 1.87 bits per heavy atom. The summed E-state index contributed by atoms with van der Waals surface area (Å²) >= 11 is 6.85. The molecule has 0 aliphatic heterocycles. The molecular formula is C29H21Br2N3O5. The van der Waals surface area contributed by atoms with Crippen molar-refractivity contribution in [3.8, 4) is 22.6 Å². The second-order valence-electron chi connectivity index (χ2n) is 8.25. The molecule has 5 rings (SSSR count). The summed E-state index contributed by atoms with van der Waals surface area (Å²) < 4.78 is 17.6. The first-order valence-electron chi connectivity index (χ1n) is 11.9. The van der Waals surface area contributed by atoms with E-state index in [-0.39, 0.29) is 11.5 Å². The van der Waals surface area contributed by atoms with Gasteiger partial charge in [-0.25, -0.2) is 10.2 Å². The van der Waals surface area contributed by atoms with Gasteiger partial charge in [-0.05, 0) is 70.9 Å². The quantitative estimate of drug-likeness (QED) is 0.0791. The van der Waals surface area contributed by atoms with Crippen LogP contribution in [0.1, 0.15) is 33.5 Å². The highest BCUT2D eigenvalue weighted by Crippen LogP contribution is 2.35. The lowest BCUT2D eigenvalue weighted by atomic mass is 10.0. The third kappa shape index (κ3) is 5.81. The van der Waals surface area contributed by atoms with Crippen LogP contribution in [0.25, 0.3) is 22.0 Å². The van der Waals surface area contributed by atoms with Gasteiger partial charge in [-0.1, -0.05) is 46.3 Å². The Balaban J connectivity index is 1.45. The van der Waals surface area contributed by atoms with Crippen LogP contribution in [-0.4, -0.2) is 29.7 Å². The minimum absolute atomic E-state index is 0.0563. The van der Waals surface area contributed by atoms with Crippen LogP contribution in [0.4, 0.5) is 0 Å². The van der Waals surface area contributed by atoms with Crippen molar-refractivity contribution >= 4 is 60.9 Å². The maximum Gasteiger partial charge on any atom is 0.379 e. The lowest BCUT2D eigenvalue weighted by molar-refractivity contribution is 0.0699. The second kappa shape index (κ2) is 11.7. The molecule has 0 aliphatic rings. The molecule has 1 amide bonds. The van der Waals surface area contributed by atoms with Crippen LogP contribution in [0.3, 0.4) is 0 Å². The molecule has 0 fully saturated rings. The number of hydrogen-bond acceptors (Lipinski definition) is 6. The molecule has 3 aromatic carbocycles. The van der Waals surface area contributed by atoms with E-state index in [1.165, 1.54) is 18.5 Å². The van der Waals surface area contributed by atoms with E-state index < -0.39 is 11.9 Å². The summed E-state index contributed by atoms with van der Waals surface area (Å²) in [6.07, 6.45) is 2.78. The van der Waals surface area contributed by atoms with E-state index in [2.05, 4.69) is 47.4 Å². The molecule has 196 valence electrons. The number of aromatic amines is 1. The number of esters is 1. The van der Waals surface area contributed by atoms with Gasteiger partial charge < -0.3 is 18.9 Å². The zero-order valence-corrected chi connectivity index (χ0v) is 23.7. The number of amides is 1. The minimum atomic E-state index is -0.668. The number of benzene rings is 3. The van der Waals surface area contributed by atoms with Crippen molar-refractivity contribution in [1.29, 1.82) is 0 Å². The Morgan fingerprint density at radius 1 is 1.05 bits per heavy atom.